The van der Waals surface area contributed by atoms with Crippen LogP contribution in [0.5, 0.6) is 0 Å². The highest BCUT2D eigenvalue weighted by molar-refractivity contribution is 7.05. The number of aromatic nitrogens is 2. The fourth-order valence-corrected chi connectivity index (χ4v) is 4.05. The Morgan fingerprint density at radius 2 is 1.93 bits per heavy atom. The molecule has 0 saturated heterocycles. The Kier molecular flexibility index (Phi) is 5.25. The van der Waals surface area contributed by atoms with Crippen LogP contribution in [-0.4, -0.2) is 32.6 Å². The monoisotopic (exact) mass is 433 g/mol. The van der Waals surface area contributed by atoms with Crippen LogP contribution in [0.1, 0.15) is 29.3 Å². The van der Waals surface area contributed by atoms with Gasteiger partial charge in [-0.2, -0.15) is 17.5 Å². The van der Waals surface area contributed by atoms with E-state index >= 15 is 0 Å². The van der Waals surface area contributed by atoms with Crippen molar-refractivity contribution in [2.24, 2.45) is 0 Å². The van der Waals surface area contributed by atoms with Crippen LogP contribution >= 0.6 is 11.5 Å². The number of carbonyl (C=O) groups is 1. The number of nitrogens with one attached hydrogen (secondary N) is 1. The first-order valence-electron chi connectivity index (χ1n) is 9.31. The molecule has 0 aliphatic rings. The van der Waals surface area contributed by atoms with Crippen LogP contribution in [0.2, 0.25) is 0 Å². The molecule has 1 amide bonds. The Morgan fingerprint density at radius 1 is 1.20 bits per heavy atom. The molecule has 0 radical (unpaired) electrons. The lowest BCUT2D eigenvalue weighted by atomic mass is 10.1. The third-order valence-corrected chi connectivity index (χ3v) is 5.67. The van der Waals surface area contributed by atoms with E-state index in [9.17, 15) is 23.1 Å². The molecule has 30 heavy (non-hydrogen) atoms. The molecule has 4 rings (SSSR count). The van der Waals surface area contributed by atoms with E-state index in [4.69, 9.17) is 0 Å². The number of amides is 1. The average molecular weight is 433 g/mol. The maximum atomic E-state index is 12.9. The molecular weight excluding hydrogens is 415 g/mol. The van der Waals surface area contributed by atoms with E-state index in [0.29, 0.717) is 23.3 Å². The molecule has 2 heterocycles. The van der Waals surface area contributed by atoms with Crippen molar-refractivity contribution >= 4 is 39.4 Å². The maximum Gasteiger partial charge on any atom is 0.416 e. The quantitative estimate of drug-likeness (QED) is 0.477. The first-order chi connectivity index (χ1) is 14.3. The normalized spacial score (nSPS) is 13.1. The molecule has 4 aromatic rings. The summed E-state index contributed by atoms with van der Waals surface area (Å²) >= 11 is 1.24. The Labute approximate surface area is 173 Å². The van der Waals surface area contributed by atoms with E-state index in [2.05, 4.69) is 9.69 Å². The van der Waals surface area contributed by atoms with Crippen LogP contribution in [0.15, 0.2) is 47.8 Å². The highest BCUT2D eigenvalue weighted by Crippen LogP contribution is 2.35. The molecule has 2 aromatic carbocycles. The van der Waals surface area contributed by atoms with E-state index in [1.807, 2.05) is 12.3 Å². The fraction of sp³-hybridized carbons (Fsp3) is 0.238. The molecule has 0 unspecified atom stereocenters. The summed E-state index contributed by atoms with van der Waals surface area (Å²) in [6.45, 7) is 1.72. The first kappa shape index (κ1) is 20.4. The maximum absolute atomic E-state index is 12.9. The molecular formula is C21H18F3N3O2S. The standard InChI is InChI=1S/C21H18F3N3O2S/c1-2-14(10-28)25-20(29)12-3-8-18-16(9-12)17-11-30-26-19(17)27(18)15-6-4-13(5-7-15)21(22,23)24/h3-9,11,14,28H,2,10H2,1H3,(H,25,29)/t14-/m0/s1. The molecule has 9 heteroatoms. The van der Waals surface area contributed by atoms with Crippen molar-refractivity contribution in [3.05, 3.63) is 59.0 Å². The Bertz CT molecular complexity index is 1210. The minimum Gasteiger partial charge on any atom is -0.394 e. The number of fused-ring (bicyclic) bond motifs is 3. The SMILES string of the molecule is CC[C@@H](CO)NC(=O)c1ccc2c(c1)c1csnc1n2-c1ccc(C(F)(F)F)cc1. The van der Waals surface area contributed by atoms with Gasteiger partial charge in [-0.25, -0.2) is 0 Å². The summed E-state index contributed by atoms with van der Waals surface area (Å²) in [5.41, 5.74) is 1.63. The number of nitrogens with zero attached hydrogens (tertiary/aromatic N) is 2. The molecule has 0 spiro atoms. The Hall–Kier alpha value is -2.91. The molecule has 0 bridgehead atoms. The van der Waals surface area contributed by atoms with Crippen molar-refractivity contribution in [3.8, 4) is 5.69 Å². The van der Waals surface area contributed by atoms with Crippen molar-refractivity contribution in [2.75, 3.05) is 6.61 Å². The number of rotatable bonds is 5. The van der Waals surface area contributed by atoms with Crippen molar-refractivity contribution in [2.45, 2.75) is 25.6 Å². The van der Waals surface area contributed by atoms with Gasteiger partial charge in [0.2, 0.25) is 0 Å². The van der Waals surface area contributed by atoms with Crippen molar-refractivity contribution in [1.82, 2.24) is 14.3 Å². The van der Waals surface area contributed by atoms with E-state index in [-0.39, 0.29) is 18.6 Å². The molecule has 2 N–H and O–H groups in total. The van der Waals surface area contributed by atoms with Gasteiger partial charge >= 0.3 is 6.18 Å². The van der Waals surface area contributed by atoms with Gasteiger partial charge in [0.15, 0.2) is 5.65 Å². The van der Waals surface area contributed by atoms with Gasteiger partial charge in [-0.15, -0.1) is 0 Å². The van der Waals surface area contributed by atoms with Gasteiger partial charge in [0.25, 0.3) is 5.91 Å². The second kappa shape index (κ2) is 7.73. The lowest BCUT2D eigenvalue weighted by Crippen LogP contribution is -2.36. The molecule has 1 atom stereocenters. The predicted octanol–water partition coefficient (Wildman–Crippen LogP) is 4.76. The molecule has 0 fully saturated rings. The number of alkyl halides is 3. The number of aliphatic hydroxyl groups is 1. The smallest absolute Gasteiger partial charge is 0.394 e. The lowest BCUT2D eigenvalue weighted by molar-refractivity contribution is -0.137. The lowest BCUT2D eigenvalue weighted by Gasteiger charge is -2.14. The zero-order valence-electron chi connectivity index (χ0n) is 15.9. The Balaban J connectivity index is 1.80. The summed E-state index contributed by atoms with van der Waals surface area (Å²) in [5.74, 6) is -0.295. The van der Waals surface area contributed by atoms with Crippen LogP contribution in [0, 0.1) is 0 Å². The summed E-state index contributed by atoms with van der Waals surface area (Å²) in [7, 11) is 0. The number of benzene rings is 2. The van der Waals surface area contributed by atoms with E-state index in [0.717, 1.165) is 28.4 Å². The second-order valence-corrected chi connectivity index (χ2v) is 7.55. The minimum absolute atomic E-state index is 0.145. The predicted molar refractivity (Wildman–Crippen MR) is 110 cm³/mol. The van der Waals surface area contributed by atoms with E-state index < -0.39 is 11.7 Å². The van der Waals surface area contributed by atoms with E-state index in [1.54, 1.807) is 22.8 Å². The first-order valence-corrected chi connectivity index (χ1v) is 10.1. The van der Waals surface area contributed by atoms with Gasteiger partial charge in [-0.3, -0.25) is 9.36 Å². The summed E-state index contributed by atoms with van der Waals surface area (Å²) in [6, 6.07) is 9.74. The number of aliphatic hydroxyl groups excluding tert-OH is 1. The fourth-order valence-electron chi connectivity index (χ4n) is 3.38. The van der Waals surface area contributed by atoms with Gasteiger partial charge in [0.05, 0.1) is 23.7 Å². The second-order valence-electron chi connectivity index (χ2n) is 6.93. The van der Waals surface area contributed by atoms with Gasteiger partial charge in [-0.05, 0) is 60.4 Å². The van der Waals surface area contributed by atoms with Crippen molar-refractivity contribution < 1.29 is 23.1 Å². The van der Waals surface area contributed by atoms with Crippen LogP contribution in [0.3, 0.4) is 0 Å². The molecule has 0 aliphatic carbocycles. The van der Waals surface area contributed by atoms with Crippen molar-refractivity contribution in [1.29, 1.82) is 0 Å². The minimum atomic E-state index is -4.40. The molecule has 5 nitrogen and oxygen atoms in total. The zero-order chi connectivity index (χ0) is 21.5. The molecule has 0 aliphatic heterocycles. The van der Waals surface area contributed by atoms with Crippen LogP contribution in [0.25, 0.3) is 27.6 Å². The highest BCUT2D eigenvalue weighted by Gasteiger charge is 2.30. The number of carbonyl (C=O) groups excluding carboxylic acids is 1. The number of halogens is 3. The van der Waals surface area contributed by atoms with Gasteiger partial charge < -0.3 is 10.4 Å². The average Bonchev–Trinajstić information content (AvgIpc) is 3.31. The van der Waals surface area contributed by atoms with Crippen LogP contribution < -0.4 is 5.32 Å². The third-order valence-electron chi connectivity index (χ3n) is 5.05. The van der Waals surface area contributed by atoms with Gasteiger partial charge in [0.1, 0.15) is 0 Å². The molecule has 0 saturated carbocycles. The van der Waals surface area contributed by atoms with Crippen LogP contribution in [-0.2, 0) is 6.18 Å². The third kappa shape index (κ3) is 3.54. The summed E-state index contributed by atoms with van der Waals surface area (Å²) in [4.78, 5) is 12.6. The van der Waals surface area contributed by atoms with Crippen molar-refractivity contribution in [3.63, 3.8) is 0 Å². The van der Waals surface area contributed by atoms with Gasteiger partial charge in [-0.1, -0.05) is 6.92 Å². The number of hydrogen-bond acceptors (Lipinski definition) is 4. The molecule has 2 aromatic heterocycles. The highest BCUT2D eigenvalue weighted by atomic mass is 32.1. The topological polar surface area (TPSA) is 67.2 Å². The number of hydrogen-bond donors (Lipinski definition) is 2. The molecule has 156 valence electrons. The van der Waals surface area contributed by atoms with E-state index in [1.165, 1.54) is 23.7 Å². The van der Waals surface area contributed by atoms with Crippen LogP contribution in [0.4, 0.5) is 13.2 Å². The summed E-state index contributed by atoms with van der Waals surface area (Å²) < 4.78 is 44.9. The van der Waals surface area contributed by atoms with Gasteiger partial charge in [0, 0.05) is 27.4 Å². The zero-order valence-corrected chi connectivity index (χ0v) is 16.7. The largest absolute Gasteiger partial charge is 0.416 e. The summed E-state index contributed by atoms with van der Waals surface area (Å²) in [6.07, 6.45) is -3.80. The summed E-state index contributed by atoms with van der Waals surface area (Å²) in [5, 5.41) is 15.5. The Morgan fingerprint density at radius 3 is 2.57 bits per heavy atom.